The highest BCUT2D eigenvalue weighted by atomic mass is 32.2. The van der Waals surface area contributed by atoms with E-state index in [0.29, 0.717) is 19.1 Å². The van der Waals surface area contributed by atoms with Crippen molar-refractivity contribution in [3.05, 3.63) is 23.8 Å². The number of thioether (sulfide) groups is 1. The van der Waals surface area contributed by atoms with Gasteiger partial charge in [0.1, 0.15) is 16.9 Å². The number of carbonyl (C=O) groups excluding carboxylic acids is 2. The number of nitrogens with one attached hydrogen (secondary N) is 1. The Hall–Kier alpha value is -1.63. The van der Waals surface area contributed by atoms with Crippen LogP contribution in [0.25, 0.3) is 0 Å². The highest BCUT2D eigenvalue weighted by molar-refractivity contribution is 8.00. The van der Waals surface area contributed by atoms with E-state index in [-0.39, 0.29) is 10.6 Å². The zero-order valence-corrected chi connectivity index (χ0v) is 15.0. The number of halogens is 2. The number of amides is 1. The van der Waals surface area contributed by atoms with Gasteiger partial charge in [0.25, 0.3) is 0 Å². The fraction of sp³-hybridized carbons (Fsp3) is 0.529. The molecule has 0 saturated carbocycles. The SMILES string of the molecule is CCCCOC(=O)C(CCC)Sc1cc(NC(C)=O)c(F)cc1F. The molecule has 0 aliphatic carbocycles. The van der Waals surface area contributed by atoms with Crippen molar-refractivity contribution in [2.75, 3.05) is 11.9 Å². The minimum atomic E-state index is -0.857. The summed E-state index contributed by atoms with van der Waals surface area (Å²) >= 11 is 0.989. The van der Waals surface area contributed by atoms with Crippen LogP contribution < -0.4 is 5.32 Å². The van der Waals surface area contributed by atoms with Crippen molar-refractivity contribution in [1.82, 2.24) is 0 Å². The van der Waals surface area contributed by atoms with E-state index in [1.54, 1.807) is 0 Å². The van der Waals surface area contributed by atoms with Gasteiger partial charge in [-0.3, -0.25) is 9.59 Å². The number of ether oxygens (including phenoxy) is 1. The Morgan fingerprint density at radius 3 is 2.50 bits per heavy atom. The molecule has 0 heterocycles. The molecule has 134 valence electrons. The van der Waals surface area contributed by atoms with Gasteiger partial charge < -0.3 is 10.1 Å². The third-order valence-electron chi connectivity index (χ3n) is 3.16. The highest BCUT2D eigenvalue weighted by Crippen LogP contribution is 2.33. The lowest BCUT2D eigenvalue weighted by Crippen LogP contribution is -2.21. The second-order valence-corrected chi connectivity index (χ2v) is 6.60. The molecule has 0 aromatic heterocycles. The van der Waals surface area contributed by atoms with Gasteiger partial charge in [0.05, 0.1) is 12.3 Å². The monoisotopic (exact) mass is 359 g/mol. The van der Waals surface area contributed by atoms with Gasteiger partial charge in [0.15, 0.2) is 0 Å². The van der Waals surface area contributed by atoms with Gasteiger partial charge in [0.2, 0.25) is 5.91 Å². The molecule has 0 bridgehead atoms. The summed E-state index contributed by atoms with van der Waals surface area (Å²) in [6.45, 7) is 5.47. The maximum absolute atomic E-state index is 14.0. The maximum Gasteiger partial charge on any atom is 0.319 e. The lowest BCUT2D eigenvalue weighted by Gasteiger charge is -2.16. The van der Waals surface area contributed by atoms with Gasteiger partial charge in [-0.1, -0.05) is 26.7 Å². The first-order valence-electron chi connectivity index (χ1n) is 7.98. The highest BCUT2D eigenvalue weighted by Gasteiger charge is 2.23. The number of unbranched alkanes of at least 4 members (excludes halogenated alkanes) is 1. The Bertz CT molecular complexity index is 581. The molecule has 7 heteroatoms. The molecule has 0 fully saturated rings. The number of carbonyl (C=O) groups is 2. The van der Waals surface area contributed by atoms with Crippen LogP contribution in [0.2, 0.25) is 0 Å². The van der Waals surface area contributed by atoms with Gasteiger partial charge >= 0.3 is 5.97 Å². The maximum atomic E-state index is 14.0. The largest absolute Gasteiger partial charge is 0.465 e. The molecule has 1 atom stereocenters. The number of esters is 1. The summed E-state index contributed by atoms with van der Waals surface area (Å²) in [5.74, 6) is -2.49. The van der Waals surface area contributed by atoms with E-state index in [2.05, 4.69) is 5.32 Å². The zero-order valence-electron chi connectivity index (χ0n) is 14.2. The third kappa shape index (κ3) is 6.47. The smallest absolute Gasteiger partial charge is 0.319 e. The summed E-state index contributed by atoms with van der Waals surface area (Å²) in [7, 11) is 0. The molecule has 1 aromatic rings. The summed E-state index contributed by atoms with van der Waals surface area (Å²) in [5, 5.41) is 1.73. The molecular weight excluding hydrogens is 336 g/mol. The van der Waals surface area contributed by atoms with Crippen LogP contribution >= 0.6 is 11.8 Å². The fourth-order valence-corrected chi connectivity index (χ4v) is 3.14. The lowest BCUT2D eigenvalue weighted by atomic mass is 10.2. The first-order chi connectivity index (χ1) is 11.4. The molecule has 0 aliphatic heterocycles. The molecular formula is C17H23F2NO3S. The van der Waals surface area contributed by atoms with Crippen LogP contribution in [0.4, 0.5) is 14.5 Å². The first kappa shape index (κ1) is 20.4. The predicted octanol–water partition coefficient (Wildman–Crippen LogP) is 4.53. The van der Waals surface area contributed by atoms with Gasteiger partial charge in [-0.2, -0.15) is 0 Å². The zero-order chi connectivity index (χ0) is 18.1. The average molecular weight is 359 g/mol. The van der Waals surface area contributed by atoms with Crippen molar-refractivity contribution in [3.63, 3.8) is 0 Å². The summed E-state index contributed by atoms with van der Waals surface area (Å²) in [6, 6.07) is 1.91. The summed E-state index contributed by atoms with van der Waals surface area (Å²) < 4.78 is 32.9. The minimum absolute atomic E-state index is 0.103. The quantitative estimate of drug-likeness (QED) is 0.400. The lowest BCUT2D eigenvalue weighted by molar-refractivity contribution is -0.143. The fourth-order valence-electron chi connectivity index (χ4n) is 1.96. The molecule has 0 aliphatic rings. The van der Waals surface area contributed by atoms with Gasteiger partial charge in [-0.25, -0.2) is 8.78 Å². The Morgan fingerprint density at radius 1 is 1.21 bits per heavy atom. The average Bonchev–Trinajstić information content (AvgIpc) is 2.51. The molecule has 0 saturated heterocycles. The number of hydrogen-bond acceptors (Lipinski definition) is 4. The Labute approximate surface area is 145 Å². The van der Waals surface area contributed by atoms with Crippen LogP contribution in [0.5, 0.6) is 0 Å². The van der Waals surface area contributed by atoms with Crippen LogP contribution in [0.3, 0.4) is 0 Å². The summed E-state index contributed by atoms with van der Waals surface area (Å²) in [4.78, 5) is 23.3. The summed E-state index contributed by atoms with van der Waals surface area (Å²) in [5.41, 5.74) is -0.110. The molecule has 0 spiro atoms. The molecule has 1 unspecified atom stereocenters. The second kappa shape index (κ2) is 10.3. The van der Waals surface area contributed by atoms with E-state index in [9.17, 15) is 18.4 Å². The minimum Gasteiger partial charge on any atom is -0.465 e. The topological polar surface area (TPSA) is 55.4 Å². The van der Waals surface area contributed by atoms with Crippen LogP contribution in [0, 0.1) is 11.6 Å². The first-order valence-corrected chi connectivity index (χ1v) is 8.86. The molecule has 0 radical (unpaired) electrons. The molecule has 1 amide bonds. The molecule has 1 N–H and O–H groups in total. The van der Waals surface area contributed by atoms with Crippen molar-refractivity contribution in [3.8, 4) is 0 Å². The van der Waals surface area contributed by atoms with Crippen molar-refractivity contribution < 1.29 is 23.1 Å². The molecule has 1 aromatic carbocycles. The standard InChI is InChI=1S/C17H23F2NO3S/c1-4-6-8-23-17(22)15(7-5-2)24-16-10-14(20-11(3)21)12(18)9-13(16)19/h9-10,15H,4-8H2,1-3H3,(H,20,21). The van der Waals surface area contributed by atoms with Crippen molar-refractivity contribution >= 4 is 29.3 Å². The molecule has 24 heavy (non-hydrogen) atoms. The van der Waals surface area contributed by atoms with E-state index in [4.69, 9.17) is 4.74 Å². The van der Waals surface area contributed by atoms with Crippen LogP contribution in [0.1, 0.15) is 46.5 Å². The van der Waals surface area contributed by atoms with E-state index >= 15 is 0 Å². The number of rotatable bonds is 9. The number of anilines is 1. The van der Waals surface area contributed by atoms with Crippen LogP contribution in [-0.2, 0) is 14.3 Å². The summed E-state index contributed by atoms with van der Waals surface area (Å²) in [6.07, 6.45) is 2.92. The van der Waals surface area contributed by atoms with Crippen molar-refractivity contribution in [2.24, 2.45) is 0 Å². The normalized spacial score (nSPS) is 11.9. The predicted molar refractivity (Wildman–Crippen MR) is 91.1 cm³/mol. The van der Waals surface area contributed by atoms with Crippen molar-refractivity contribution in [2.45, 2.75) is 56.6 Å². The van der Waals surface area contributed by atoms with Gasteiger partial charge in [0, 0.05) is 17.9 Å². The second-order valence-electron chi connectivity index (χ2n) is 5.36. The Morgan fingerprint density at radius 2 is 1.92 bits per heavy atom. The Kier molecular flexibility index (Phi) is 8.74. The Balaban J connectivity index is 2.92. The van der Waals surface area contributed by atoms with E-state index in [1.165, 1.54) is 13.0 Å². The molecule has 1 rings (SSSR count). The van der Waals surface area contributed by atoms with E-state index < -0.39 is 28.8 Å². The van der Waals surface area contributed by atoms with Crippen molar-refractivity contribution in [1.29, 1.82) is 0 Å². The van der Waals surface area contributed by atoms with Crippen LogP contribution in [-0.4, -0.2) is 23.7 Å². The third-order valence-corrected chi connectivity index (χ3v) is 4.44. The van der Waals surface area contributed by atoms with Gasteiger partial charge in [-0.05, 0) is 18.9 Å². The van der Waals surface area contributed by atoms with E-state index in [1.807, 2.05) is 13.8 Å². The molecule has 4 nitrogen and oxygen atoms in total. The van der Waals surface area contributed by atoms with Crippen LogP contribution in [0.15, 0.2) is 17.0 Å². The van der Waals surface area contributed by atoms with Gasteiger partial charge in [-0.15, -0.1) is 11.8 Å². The number of hydrogen-bond donors (Lipinski definition) is 1. The number of benzene rings is 1. The van der Waals surface area contributed by atoms with E-state index in [0.717, 1.165) is 31.0 Å².